The van der Waals surface area contributed by atoms with Crippen LogP contribution in [-0.2, 0) is 10.0 Å². The minimum absolute atomic E-state index is 0.220. The largest absolute Gasteiger partial charge is 0.478 e. The van der Waals surface area contributed by atoms with Crippen molar-refractivity contribution in [2.24, 2.45) is 0 Å². The highest BCUT2D eigenvalue weighted by atomic mass is 32.2. The summed E-state index contributed by atoms with van der Waals surface area (Å²) in [5.74, 6) is -1.31. The maximum Gasteiger partial charge on any atom is 0.340 e. The molecule has 0 bridgehead atoms. The molecule has 1 rings (SSSR count). The zero-order valence-corrected chi connectivity index (χ0v) is 12.9. The van der Waals surface area contributed by atoms with Crippen molar-refractivity contribution >= 4 is 16.0 Å². The van der Waals surface area contributed by atoms with Crippen molar-refractivity contribution in [1.82, 2.24) is 19.4 Å². The number of carbonyl (C=O) groups is 1. The van der Waals surface area contributed by atoms with Gasteiger partial charge < -0.3 is 10.0 Å². The van der Waals surface area contributed by atoms with Crippen molar-refractivity contribution in [3.63, 3.8) is 0 Å². The number of hydrogen-bond acceptors (Lipinski definition) is 5. The van der Waals surface area contributed by atoms with E-state index in [2.05, 4.69) is 10.2 Å². The molecule has 0 radical (unpaired) electrons. The van der Waals surface area contributed by atoms with Gasteiger partial charge in [0.1, 0.15) is 5.56 Å². The molecule has 0 aromatic carbocycles. The molecule has 20 heavy (non-hydrogen) atoms. The minimum atomic E-state index is -3.90. The molecule has 0 unspecified atom stereocenters. The Morgan fingerprint density at radius 2 is 1.90 bits per heavy atom. The molecule has 0 saturated heterocycles. The first-order valence-corrected chi connectivity index (χ1v) is 7.51. The Morgan fingerprint density at radius 3 is 2.40 bits per heavy atom. The zero-order chi connectivity index (χ0) is 15.5. The lowest BCUT2D eigenvalue weighted by atomic mass is 10.3. The van der Waals surface area contributed by atoms with Gasteiger partial charge in [-0.1, -0.05) is 0 Å². The second-order valence-corrected chi connectivity index (χ2v) is 6.78. The summed E-state index contributed by atoms with van der Waals surface area (Å²) in [6, 6.07) is 0. The van der Waals surface area contributed by atoms with E-state index in [-0.39, 0.29) is 11.3 Å². The van der Waals surface area contributed by atoms with Crippen LogP contribution in [0.2, 0.25) is 0 Å². The molecule has 0 amide bonds. The number of hydrogen-bond donors (Lipinski definition) is 2. The Labute approximate surface area is 118 Å². The molecule has 8 nitrogen and oxygen atoms in total. The van der Waals surface area contributed by atoms with Crippen LogP contribution in [0.15, 0.2) is 5.03 Å². The normalized spacial score (nSPS) is 12.3. The van der Waals surface area contributed by atoms with E-state index in [9.17, 15) is 13.2 Å². The zero-order valence-electron chi connectivity index (χ0n) is 12.0. The molecule has 0 saturated carbocycles. The molecule has 0 aliphatic carbocycles. The highest BCUT2D eigenvalue weighted by molar-refractivity contribution is 7.89. The van der Waals surface area contributed by atoms with Crippen LogP contribution in [0.25, 0.3) is 0 Å². The average Bonchev–Trinajstić information content (AvgIpc) is 2.71. The smallest absolute Gasteiger partial charge is 0.340 e. The van der Waals surface area contributed by atoms with Gasteiger partial charge >= 0.3 is 5.97 Å². The van der Waals surface area contributed by atoms with E-state index in [0.29, 0.717) is 13.0 Å². The lowest BCUT2D eigenvalue weighted by Gasteiger charge is -2.17. The fourth-order valence-corrected chi connectivity index (χ4v) is 3.05. The number of nitrogens with zero attached hydrogens (tertiary/aromatic N) is 3. The van der Waals surface area contributed by atoms with Crippen LogP contribution in [-0.4, -0.2) is 73.1 Å². The molecular weight excluding hydrogens is 284 g/mol. The predicted octanol–water partition coefficient (Wildman–Crippen LogP) is -0.0115. The van der Waals surface area contributed by atoms with Gasteiger partial charge in [-0.15, -0.1) is 0 Å². The molecule has 9 heteroatoms. The number of carboxylic acid groups (broad SMARTS) is 1. The fourth-order valence-electron chi connectivity index (χ4n) is 1.72. The van der Waals surface area contributed by atoms with Crippen LogP contribution in [0.4, 0.5) is 0 Å². The fraction of sp³-hybridized carbons (Fsp3) is 0.636. The maximum atomic E-state index is 12.3. The summed E-state index contributed by atoms with van der Waals surface area (Å²) in [5.41, 5.74) is -0.0813. The van der Waals surface area contributed by atoms with Crippen molar-refractivity contribution in [1.29, 1.82) is 0 Å². The van der Waals surface area contributed by atoms with Crippen molar-refractivity contribution in [2.45, 2.75) is 18.4 Å². The Bertz CT molecular complexity index is 579. The Kier molecular flexibility index (Phi) is 5.26. The topological polar surface area (TPSA) is 107 Å². The Morgan fingerprint density at radius 1 is 1.30 bits per heavy atom. The highest BCUT2D eigenvalue weighted by Crippen LogP contribution is 2.19. The van der Waals surface area contributed by atoms with Crippen molar-refractivity contribution in [3.8, 4) is 0 Å². The van der Waals surface area contributed by atoms with Gasteiger partial charge in [0, 0.05) is 19.3 Å². The third-order valence-corrected chi connectivity index (χ3v) is 4.65. The van der Waals surface area contributed by atoms with Crippen LogP contribution in [0.1, 0.15) is 22.5 Å². The molecule has 1 aromatic rings. The summed E-state index contributed by atoms with van der Waals surface area (Å²) in [7, 11) is 1.31. The van der Waals surface area contributed by atoms with Gasteiger partial charge in [-0.05, 0) is 34.0 Å². The van der Waals surface area contributed by atoms with E-state index in [1.165, 1.54) is 14.0 Å². The van der Waals surface area contributed by atoms with E-state index in [4.69, 9.17) is 5.11 Å². The van der Waals surface area contributed by atoms with Gasteiger partial charge in [-0.2, -0.15) is 9.40 Å². The average molecular weight is 304 g/mol. The van der Waals surface area contributed by atoms with E-state index < -0.39 is 21.0 Å². The lowest BCUT2D eigenvalue weighted by Crippen LogP contribution is -2.31. The number of carboxylic acids is 1. The van der Waals surface area contributed by atoms with E-state index in [1.54, 1.807) is 0 Å². The molecule has 114 valence electrons. The van der Waals surface area contributed by atoms with Gasteiger partial charge in [0.25, 0.3) is 10.0 Å². The summed E-state index contributed by atoms with van der Waals surface area (Å²) in [5, 5.41) is 14.7. The van der Waals surface area contributed by atoms with Gasteiger partial charge in [0.05, 0.1) is 0 Å². The number of aromatic nitrogens is 2. The second-order valence-electron chi connectivity index (χ2n) is 4.82. The summed E-state index contributed by atoms with van der Waals surface area (Å²) in [4.78, 5) is 13.1. The predicted molar refractivity (Wildman–Crippen MR) is 73.3 cm³/mol. The molecule has 0 atom stereocenters. The molecule has 1 heterocycles. The summed E-state index contributed by atoms with van der Waals surface area (Å²) in [6.45, 7) is 2.51. The first-order chi connectivity index (χ1) is 9.17. The monoisotopic (exact) mass is 304 g/mol. The number of nitrogens with one attached hydrogen (secondary N) is 1. The number of aryl methyl sites for hydroxylation is 1. The van der Waals surface area contributed by atoms with Crippen LogP contribution in [0, 0.1) is 6.92 Å². The number of aromatic amines is 1. The van der Waals surface area contributed by atoms with Gasteiger partial charge in [0.15, 0.2) is 0 Å². The van der Waals surface area contributed by atoms with E-state index >= 15 is 0 Å². The summed E-state index contributed by atoms with van der Waals surface area (Å²) < 4.78 is 25.7. The molecule has 0 fully saturated rings. The number of rotatable bonds is 7. The molecule has 2 N–H and O–H groups in total. The lowest BCUT2D eigenvalue weighted by molar-refractivity contribution is 0.0691. The maximum absolute atomic E-state index is 12.3. The summed E-state index contributed by atoms with van der Waals surface area (Å²) >= 11 is 0. The SMILES string of the molecule is Cc1[nH]nc(S(=O)(=O)N(C)CCCN(C)C)c1C(=O)O. The Balaban J connectivity index is 2.96. The van der Waals surface area contributed by atoms with Crippen LogP contribution in [0.5, 0.6) is 0 Å². The minimum Gasteiger partial charge on any atom is -0.478 e. The number of H-pyrrole nitrogens is 1. The number of aromatic carboxylic acids is 1. The standard InChI is InChI=1S/C11H20N4O4S/c1-8-9(11(16)17)10(13-12-8)20(18,19)15(4)7-5-6-14(2)3/h5-7H2,1-4H3,(H,12,13)(H,16,17). The first-order valence-electron chi connectivity index (χ1n) is 6.07. The van der Waals surface area contributed by atoms with Crippen LogP contribution < -0.4 is 0 Å². The van der Waals surface area contributed by atoms with E-state index in [1.807, 2.05) is 19.0 Å². The molecular formula is C11H20N4O4S. The van der Waals surface area contributed by atoms with Crippen LogP contribution >= 0.6 is 0 Å². The second kappa shape index (κ2) is 6.33. The third kappa shape index (κ3) is 3.56. The molecule has 0 aliphatic heterocycles. The highest BCUT2D eigenvalue weighted by Gasteiger charge is 2.31. The van der Waals surface area contributed by atoms with E-state index in [0.717, 1.165) is 10.8 Å². The third-order valence-electron chi connectivity index (χ3n) is 2.86. The Hall–Kier alpha value is -1.45. The summed E-state index contributed by atoms with van der Waals surface area (Å²) in [6.07, 6.45) is 0.647. The molecule has 1 aromatic heterocycles. The van der Waals surface area contributed by atoms with Gasteiger partial charge in [0.2, 0.25) is 5.03 Å². The van der Waals surface area contributed by atoms with Crippen molar-refractivity contribution in [2.75, 3.05) is 34.2 Å². The van der Waals surface area contributed by atoms with Crippen LogP contribution in [0.3, 0.4) is 0 Å². The molecule has 0 spiro atoms. The van der Waals surface area contributed by atoms with Gasteiger partial charge in [-0.3, -0.25) is 5.10 Å². The number of sulfonamides is 1. The van der Waals surface area contributed by atoms with Crippen molar-refractivity contribution < 1.29 is 18.3 Å². The quantitative estimate of drug-likeness (QED) is 0.733. The first kappa shape index (κ1) is 16.6. The van der Waals surface area contributed by atoms with Crippen molar-refractivity contribution in [3.05, 3.63) is 11.3 Å². The molecule has 0 aliphatic rings. The van der Waals surface area contributed by atoms with Gasteiger partial charge in [-0.25, -0.2) is 13.2 Å².